The summed E-state index contributed by atoms with van der Waals surface area (Å²) in [5.41, 5.74) is 5.52. The van der Waals surface area contributed by atoms with Crippen molar-refractivity contribution in [2.24, 2.45) is 0 Å². The van der Waals surface area contributed by atoms with Gasteiger partial charge in [0.15, 0.2) is 6.61 Å². The van der Waals surface area contributed by atoms with Crippen LogP contribution in [0, 0.1) is 18.6 Å². The molecule has 6 nitrogen and oxygen atoms in total. The number of hydrogen-bond donors (Lipinski definition) is 1. The number of nitrogens with two attached hydrogens (primary N) is 1. The van der Waals surface area contributed by atoms with Gasteiger partial charge in [-0.1, -0.05) is 13.0 Å². The molecule has 0 fully saturated rings. The lowest BCUT2D eigenvalue weighted by Gasteiger charge is -2.06. The number of hydrogen-bond acceptors (Lipinski definition) is 5. The van der Waals surface area contributed by atoms with Crippen LogP contribution in [0.1, 0.15) is 39.8 Å². The van der Waals surface area contributed by atoms with Crippen LogP contribution in [0.5, 0.6) is 0 Å². The van der Waals surface area contributed by atoms with E-state index in [4.69, 9.17) is 10.5 Å². The number of carbonyl (C=O) groups excluding carboxylic acids is 2. The molecule has 0 unspecified atom stereocenters. The molecule has 1 aromatic heterocycles. The minimum absolute atomic E-state index is 0.0465. The zero-order valence-electron chi connectivity index (χ0n) is 13.3. The molecule has 2 N–H and O–H groups in total. The Morgan fingerprint density at radius 3 is 2.46 bits per heavy atom. The maximum absolute atomic E-state index is 13.5. The predicted octanol–water partition coefficient (Wildman–Crippen LogP) is 2.50. The zero-order chi connectivity index (χ0) is 17.9. The number of rotatable bonds is 6. The fourth-order valence-corrected chi connectivity index (χ4v) is 2.27. The van der Waals surface area contributed by atoms with Crippen LogP contribution in [0.2, 0.25) is 0 Å². The zero-order valence-corrected chi connectivity index (χ0v) is 13.3. The van der Waals surface area contributed by atoms with Gasteiger partial charge in [-0.15, -0.1) is 0 Å². The summed E-state index contributed by atoms with van der Waals surface area (Å²) >= 11 is 0. The molecular formula is C16H17F2N3O3. The summed E-state index contributed by atoms with van der Waals surface area (Å²) in [7, 11) is 0. The number of anilines is 1. The number of benzene rings is 1. The SMILES string of the molecule is CCCn1nc(C)c(C(=O)OCC(=O)c2c(F)cccc2F)c1N. The van der Waals surface area contributed by atoms with Gasteiger partial charge in [0.25, 0.3) is 0 Å². The Hall–Kier alpha value is -2.77. The lowest BCUT2D eigenvalue weighted by Crippen LogP contribution is -2.18. The molecule has 128 valence electrons. The van der Waals surface area contributed by atoms with Crippen molar-refractivity contribution < 1.29 is 23.1 Å². The summed E-state index contributed by atoms with van der Waals surface area (Å²) in [6, 6.07) is 3.05. The Kier molecular flexibility index (Phi) is 5.28. The van der Waals surface area contributed by atoms with Crippen LogP contribution >= 0.6 is 0 Å². The first-order valence-corrected chi connectivity index (χ1v) is 7.34. The summed E-state index contributed by atoms with van der Waals surface area (Å²) < 4.78 is 33.4. The number of nitrogen functional groups attached to an aromatic ring is 1. The molecular weight excluding hydrogens is 320 g/mol. The van der Waals surface area contributed by atoms with Crippen molar-refractivity contribution in [1.82, 2.24) is 9.78 Å². The van der Waals surface area contributed by atoms with Crippen LogP contribution in [-0.4, -0.2) is 28.1 Å². The molecule has 1 aromatic carbocycles. The number of aryl methyl sites for hydroxylation is 2. The number of esters is 1. The van der Waals surface area contributed by atoms with Gasteiger partial charge >= 0.3 is 5.97 Å². The van der Waals surface area contributed by atoms with E-state index in [1.165, 1.54) is 4.68 Å². The van der Waals surface area contributed by atoms with Crippen molar-refractivity contribution in [1.29, 1.82) is 0 Å². The Morgan fingerprint density at radius 1 is 1.25 bits per heavy atom. The molecule has 0 aliphatic heterocycles. The van der Waals surface area contributed by atoms with Crippen LogP contribution in [0.25, 0.3) is 0 Å². The molecule has 24 heavy (non-hydrogen) atoms. The van der Waals surface area contributed by atoms with Gasteiger partial charge in [-0.05, 0) is 25.5 Å². The second kappa shape index (κ2) is 7.20. The average Bonchev–Trinajstić information content (AvgIpc) is 2.79. The minimum Gasteiger partial charge on any atom is -0.454 e. The molecule has 0 saturated carbocycles. The van der Waals surface area contributed by atoms with Gasteiger partial charge in [0.05, 0.1) is 11.3 Å². The van der Waals surface area contributed by atoms with E-state index in [1.807, 2.05) is 6.92 Å². The highest BCUT2D eigenvalue weighted by Crippen LogP contribution is 2.19. The van der Waals surface area contributed by atoms with E-state index < -0.39 is 35.6 Å². The van der Waals surface area contributed by atoms with Gasteiger partial charge in [-0.3, -0.25) is 4.79 Å². The molecule has 0 radical (unpaired) electrons. The lowest BCUT2D eigenvalue weighted by atomic mass is 10.1. The molecule has 8 heteroatoms. The largest absolute Gasteiger partial charge is 0.454 e. The van der Waals surface area contributed by atoms with Gasteiger partial charge in [0.2, 0.25) is 5.78 Å². The third-order valence-corrected chi connectivity index (χ3v) is 3.38. The van der Waals surface area contributed by atoms with Crippen LogP contribution in [-0.2, 0) is 11.3 Å². The smallest absolute Gasteiger partial charge is 0.344 e. The number of ketones is 1. The Labute approximate surface area is 137 Å². The summed E-state index contributed by atoms with van der Waals surface area (Å²) in [5.74, 6) is -3.73. The summed E-state index contributed by atoms with van der Waals surface area (Å²) in [6.45, 7) is 3.24. The molecule has 0 saturated heterocycles. The monoisotopic (exact) mass is 337 g/mol. The van der Waals surface area contributed by atoms with E-state index in [9.17, 15) is 18.4 Å². The molecule has 0 spiro atoms. The maximum atomic E-state index is 13.5. The fraction of sp³-hybridized carbons (Fsp3) is 0.312. The van der Waals surface area contributed by atoms with E-state index in [1.54, 1.807) is 6.92 Å². The molecule has 1 heterocycles. The van der Waals surface area contributed by atoms with Gasteiger partial charge < -0.3 is 10.5 Å². The topological polar surface area (TPSA) is 87.2 Å². The highest BCUT2D eigenvalue weighted by molar-refractivity contribution is 6.01. The van der Waals surface area contributed by atoms with E-state index in [0.29, 0.717) is 12.2 Å². The minimum atomic E-state index is -1.01. The van der Waals surface area contributed by atoms with Crippen LogP contribution in [0.3, 0.4) is 0 Å². The Morgan fingerprint density at radius 2 is 1.88 bits per heavy atom. The lowest BCUT2D eigenvalue weighted by molar-refractivity contribution is 0.0472. The van der Waals surface area contributed by atoms with Crippen LogP contribution in [0.15, 0.2) is 18.2 Å². The normalized spacial score (nSPS) is 10.7. The molecule has 0 bridgehead atoms. The van der Waals surface area contributed by atoms with Crippen molar-refractivity contribution in [3.63, 3.8) is 0 Å². The van der Waals surface area contributed by atoms with Gasteiger partial charge in [0, 0.05) is 6.54 Å². The van der Waals surface area contributed by atoms with Gasteiger partial charge in [-0.25, -0.2) is 18.3 Å². The maximum Gasteiger partial charge on any atom is 0.344 e. The second-order valence-electron chi connectivity index (χ2n) is 5.16. The van der Waals surface area contributed by atoms with Crippen LogP contribution in [0.4, 0.5) is 14.6 Å². The number of Topliss-reactive ketones (excluding diaryl/α,β-unsaturated/α-hetero) is 1. The molecule has 2 rings (SSSR count). The summed E-state index contributed by atoms with van der Waals surface area (Å²) in [6.07, 6.45) is 0.769. The quantitative estimate of drug-likeness (QED) is 0.646. The highest BCUT2D eigenvalue weighted by atomic mass is 19.1. The third-order valence-electron chi connectivity index (χ3n) is 3.38. The van der Waals surface area contributed by atoms with Crippen molar-refractivity contribution in [3.05, 3.63) is 46.7 Å². The molecule has 0 aliphatic carbocycles. The summed E-state index contributed by atoms with van der Waals surface area (Å²) in [4.78, 5) is 24.0. The standard InChI is InChI=1S/C16H17F2N3O3/c1-3-7-21-15(19)13(9(2)20-21)16(23)24-8-12(22)14-10(17)5-4-6-11(14)18/h4-6H,3,7-8,19H2,1-2H3. The van der Waals surface area contributed by atoms with Crippen LogP contribution < -0.4 is 5.73 Å². The molecule has 0 atom stereocenters. The Bertz CT molecular complexity index is 767. The molecule has 0 aliphatic rings. The predicted molar refractivity (Wildman–Crippen MR) is 82.6 cm³/mol. The van der Waals surface area contributed by atoms with Crippen molar-refractivity contribution in [2.75, 3.05) is 12.3 Å². The highest BCUT2D eigenvalue weighted by Gasteiger charge is 2.23. The van der Waals surface area contributed by atoms with E-state index in [-0.39, 0.29) is 11.4 Å². The Balaban J connectivity index is 2.13. The van der Waals surface area contributed by atoms with Gasteiger partial charge in [-0.2, -0.15) is 5.10 Å². The van der Waals surface area contributed by atoms with E-state index in [2.05, 4.69) is 5.10 Å². The molecule has 2 aromatic rings. The van der Waals surface area contributed by atoms with Crippen molar-refractivity contribution >= 4 is 17.6 Å². The fourth-order valence-electron chi connectivity index (χ4n) is 2.27. The van der Waals surface area contributed by atoms with Crippen molar-refractivity contribution in [3.8, 4) is 0 Å². The second-order valence-corrected chi connectivity index (χ2v) is 5.16. The number of halogens is 2. The van der Waals surface area contributed by atoms with E-state index >= 15 is 0 Å². The third kappa shape index (κ3) is 3.42. The summed E-state index contributed by atoms with van der Waals surface area (Å²) in [5, 5.41) is 4.12. The number of ether oxygens (including phenoxy) is 1. The number of nitrogens with zero attached hydrogens (tertiary/aromatic N) is 2. The van der Waals surface area contributed by atoms with E-state index in [0.717, 1.165) is 24.6 Å². The average molecular weight is 337 g/mol. The van der Waals surface area contributed by atoms with Gasteiger partial charge in [0.1, 0.15) is 23.0 Å². The number of carbonyl (C=O) groups is 2. The molecule has 0 amide bonds. The first-order valence-electron chi connectivity index (χ1n) is 7.34. The first-order chi connectivity index (χ1) is 11.4. The number of aromatic nitrogens is 2. The first kappa shape index (κ1) is 17.6. The van der Waals surface area contributed by atoms with Crippen molar-refractivity contribution in [2.45, 2.75) is 26.8 Å².